The van der Waals surface area contributed by atoms with Crippen LogP contribution in [0.4, 0.5) is 0 Å². The molecule has 0 unspecified atom stereocenters. The molecule has 2 aromatic carbocycles. The zero-order valence-electron chi connectivity index (χ0n) is 14.3. The largest absolute Gasteiger partial charge is 0.504 e. The number of imide groups is 1. The van der Waals surface area contributed by atoms with Crippen LogP contribution in [0.2, 0.25) is 0 Å². The van der Waals surface area contributed by atoms with Crippen LogP contribution >= 0.6 is 0 Å². The van der Waals surface area contributed by atoms with E-state index in [1.54, 1.807) is 0 Å². The molecule has 0 aliphatic carbocycles. The van der Waals surface area contributed by atoms with E-state index in [4.69, 9.17) is 4.74 Å². The molecule has 0 radical (unpaired) electrons. The van der Waals surface area contributed by atoms with Gasteiger partial charge < -0.3 is 14.9 Å². The van der Waals surface area contributed by atoms with Crippen molar-refractivity contribution in [3.8, 4) is 17.2 Å². The van der Waals surface area contributed by atoms with Crippen LogP contribution in [0.25, 0.3) is 6.08 Å². The lowest BCUT2D eigenvalue weighted by atomic mass is 10.1. The molecule has 0 bridgehead atoms. The molecule has 0 saturated carbocycles. The Morgan fingerprint density at radius 2 is 1.88 bits per heavy atom. The molecule has 0 atom stereocenters. The molecule has 1 saturated heterocycles. The number of hydrogen-bond donors (Lipinski definition) is 2. The summed E-state index contributed by atoms with van der Waals surface area (Å²) in [4.78, 5) is 26.0. The van der Waals surface area contributed by atoms with E-state index in [9.17, 15) is 19.8 Å². The van der Waals surface area contributed by atoms with Gasteiger partial charge in [-0.2, -0.15) is 0 Å². The van der Waals surface area contributed by atoms with Crippen LogP contribution < -0.4 is 4.74 Å². The summed E-state index contributed by atoms with van der Waals surface area (Å²) in [6.07, 6.45) is 2.14. The van der Waals surface area contributed by atoms with Crippen molar-refractivity contribution in [3.63, 3.8) is 0 Å². The van der Waals surface area contributed by atoms with E-state index >= 15 is 0 Å². The normalized spacial score (nSPS) is 15.7. The number of phenols is 2. The van der Waals surface area contributed by atoms with E-state index in [0.717, 1.165) is 5.56 Å². The van der Waals surface area contributed by atoms with Crippen molar-refractivity contribution in [1.29, 1.82) is 0 Å². The number of hydrogen-bond acceptors (Lipinski definition) is 5. The summed E-state index contributed by atoms with van der Waals surface area (Å²) in [7, 11) is 1.36. The molecule has 3 rings (SSSR count). The summed E-state index contributed by atoms with van der Waals surface area (Å²) in [5.74, 6) is -1.21. The number of amides is 2. The molecule has 2 aromatic rings. The van der Waals surface area contributed by atoms with Gasteiger partial charge in [0, 0.05) is 12.1 Å². The molecule has 6 heteroatoms. The summed E-state index contributed by atoms with van der Waals surface area (Å²) in [6.45, 7) is 0.323. The lowest BCUT2D eigenvalue weighted by Gasteiger charge is -2.13. The molecule has 26 heavy (non-hydrogen) atoms. The van der Waals surface area contributed by atoms with Crippen LogP contribution in [-0.4, -0.2) is 40.6 Å². The Kier molecular flexibility index (Phi) is 4.93. The first-order valence-corrected chi connectivity index (χ1v) is 8.18. The maximum Gasteiger partial charge on any atom is 0.256 e. The first kappa shape index (κ1) is 17.5. The van der Waals surface area contributed by atoms with Gasteiger partial charge in [0.2, 0.25) is 11.7 Å². The van der Waals surface area contributed by atoms with Crippen LogP contribution in [-0.2, 0) is 16.0 Å². The Balaban J connectivity index is 1.78. The fraction of sp³-hybridized carbons (Fsp3) is 0.200. The highest BCUT2D eigenvalue weighted by atomic mass is 16.5. The van der Waals surface area contributed by atoms with Gasteiger partial charge in [0.1, 0.15) is 0 Å². The van der Waals surface area contributed by atoms with E-state index in [-0.39, 0.29) is 35.5 Å². The van der Waals surface area contributed by atoms with Crippen molar-refractivity contribution in [2.75, 3.05) is 13.7 Å². The van der Waals surface area contributed by atoms with Crippen LogP contribution in [0.15, 0.2) is 48.0 Å². The van der Waals surface area contributed by atoms with Crippen molar-refractivity contribution < 1.29 is 24.5 Å². The highest BCUT2D eigenvalue weighted by Gasteiger charge is 2.33. The summed E-state index contributed by atoms with van der Waals surface area (Å²) >= 11 is 0. The standard InChI is InChI=1S/C20H19NO5/c1-26-17-11-14(10-16(22)19(17)24)9-15-12-18(23)21(20(15)25)8-7-13-5-3-2-4-6-13/h2-6,9-11,22,24H,7-8,12H2,1H3/b15-9+. The summed E-state index contributed by atoms with van der Waals surface area (Å²) in [6, 6.07) is 12.5. The Bertz CT molecular complexity index is 873. The molecule has 1 heterocycles. The smallest absolute Gasteiger partial charge is 0.256 e. The van der Waals surface area contributed by atoms with Crippen LogP contribution in [0.5, 0.6) is 17.2 Å². The van der Waals surface area contributed by atoms with Crippen molar-refractivity contribution in [2.45, 2.75) is 12.8 Å². The number of benzene rings is 2. The molecular formula is C20H19NO5. The zero-order chi connectivity index (χ0) is 18.7. The van der Waals surface area contributed by atoms with E-state index in [0.29, 0.717) is 24.1 Å². The van der Waals surface area contributed by atoms with Crippen LogP contribution in [0, 0.1) is 0 Å². The molecule has 1 fully saturated rings. The number of rotatable bonds is 5. The average molecular weight is 353 g/mol. The van der Waals surface area contributed by atoms with Crippen LogP contribution in [0.1, 0.15) is 17.5 Å². The molecule has 6 nitrogen and oxygen atoms in total. The monoisotopic (exact) mass is 353 g/mol. The van der Waals surface area contributed by atoms with Gasteiger partial charge in [-0.25, -0.2) is 0 Å². The highest BCUT2D eigenvalue weighted by Crippen LogP contribution is 2.37. The van der Waals surface area contributed by atoms with Gasteiger partial charge in [-0.15, -0.1) is 0 Å². The molecule has 134 valence electrons. The summed E-state index contributed by atoms with van der Waals surface area (Å²) in [5, 5.41) is 19.4. The van der Waals surface area contributed by atoms with Crippen molar-refractivity contribution in [2.24, 2.45) is 0 Å². The predicted octanol–water partition coefficient (Wildman–Crippen LogP) is 2.49. The van der Waals surface area contributed by atoms with Gasteiger partial charge in [-0.1, -0.05) is 30.3 Å². The number of phenolic OH excluding ortho intramolecular Hbond substituents is 2. The minimum Gasteiger partial charge on any atom is -0.504 e. The van der Waals surface area contributed by atoms with Gasteiger partial charge in [0.05, 0.1) is 13.5 Å². The van der Waals surface area contributed by atoms with Crippen LogP contribution in [0.3, 0.4) is 0 Å². The highest BCUT2D eigenvalue weighted by molar-refractivity contribution is 6.15. The van der Waals surface area contributed by atoms with Gasteiger partial charge in [0.15, 0.2) is 11.5 Å². The molecule has 2 amide bonds. The van der Waals surface area contributed by atoms with Crippen molar-refractivity contribution >= 4 is 17.9 Å². The van der Waals surface area contributed by atoms with Crippen molar-refractivity contribution in [3.05, 3.63) is 59.2 Å². The lowest BCUT2D eigenvalue weighted by Crippen LogP contribution is -2.31. The maximum absolute atomic E-state index is 12.5. The second kappa shape index (κ2) is 7.31. The Morgan fingerprint density at radius 3 is 2.58 bits per heavy atom. The van der Waals surface area contributed by atoms with E-state index in [2.05, 4.69) is 0 Å². The van der Waals surface area contributed by atoms with Gasteiger partial charge in [-0.3, -0.25) is 14.5 Å². The Hall–Kier alpha value is -3.28. The van der Waals surface area contributed by atoms with E-state index in [1.165, 1.54) is 30.2 Å². The Morgan fingerprint density at radius 1 is 1.15 bits per heavy atom. The minimum atomic E-state index is -0.368. The predicted molar refractivity (Wildman–Crippen MR) is 95.8 cm³/mol. The third-order valence-corrected chi connectivity index (χ3v) is 4.27. The average Bonchev–Trinajstić information content (AvgIpc) is 2.90. The summed E-state index contributed by atoms with van der Waals surface area (Å²) in [5.41, 5.74) is 1.87. The maximum atomic E-state index is 12.5. The quantitative estimate of drug-likeness (QED) is 0.490. The number of likely N-dealkylation sites (tertiary alicyclic amines) is 1. The number of ether oxygens (including phenoxy) is 1. The second-order valence-corrected chi connectivity index (χ2v) is 6.02. The number of methoxy groups -OCH3 is 1. The van der Waals surface area contributed by atoms with Crippen molar-refractivity contribution in [1.82, 2.24) is 4.90 Å². The van der Waals surface area contributed by atoms with E-state index < -0.39 is 0 Å². The van der Waals surface area contributed by atoms with Gasteiger partial charge >= 0.3 is 0 Å². The zero-order valence-corrected chi connectivity index (χ0v) is 14.3. The third-order valence-electron chi connectivity index (χ3n) is 4.27. The third kappa shape index (κ3) is 3.54. The second-order valence-electron chi connectivity index (χ2n) is 6.02. The number of aromatic hydroxyl groups is 2. The lowest BCUT2D eigenvalue weighted by molar-refractivity contribution is -0.137. The fourth-order valence-corrected chi connectivity index (χ4v) is 2.90. The topological polar surface area (TPSA) is 87.1 Å². The molecule has 0 aromatic heterocycles. The Labute approximate surface area is 150 Å². The number of nitrogens with zero attached hydrogens (tertiary/aromatic N) is 1. The SMILES string of the molecule is COc1cc(/C=C2\CC(=O)N(CCc3ccccc3)C2=O)cc(O)c1O. The first-order chi connectivity index (χ1) is 12.5. The molecule has 0 spiro atoms. The van der Waals surface area contributed by atoms with Gasteiger partial charge in [-0.05, 0) is 35.8 Å². The molecule has 2 N–H and O–H groups in total. The molecule has 1 aliphatic heterocycles. The van der Waals surface area contributed by atoms with E-state index in [1.807, 2.05) is 30.3 Å². The summed E-state index contributed by atoms with van der Waals surface area (Å²) < 4.78 is 4.99. The van der Waals surface area contributed by atoms with Gasteiger partial charge in [0.25, 0.3) is 5.91 Å². The first-order valence-electron chi connectivity index (χ1n) is 8.18. The minimum absolute atomic E-state index is 0.0115. The fourth-order valence-electron chi connectivity index (χ4n) is 2.90. The molecule has 1 aliphatic rings. The number of carbonyl (C=O) groups excluding carboxylic acids is 2. The molecular weight excluding hydrogens is 334 g/mol. The number of carbonyl (C=O) groups is 2.